The summed E-state index contributed by atoms with van der Waals surface area (Å²) >= 11 is 0. The van der Waals surface area contributed by atoms with Gasteiger partial charge in [0.2, 0.25) is 0 Å². The van der Waals surface area contributed by atoms with Gasteiger partial charge >= 0.3 is 6.36 Å². The summed E-state index contributed by atoms with van der Waals surface area (Å²) < 4.78 is 41.7. The maximum absolute atomic E-state index is 12.6. The molecular formula is C31H35F3N2O2. The summed E-state index contributed by atoms with van der Waals surface area (Å²) in [6.07, 6.45) is 0.710. The number of hydrogen-bond acceptors (Lipinski definition) is 3. The number of carbonyl (C=O) groups excluding carboxylic acids is 1. The van der Waals surface area contributed by atoms with Crippen molar-refractivity contribution in [2.75, 3.05) is 19.6 Å². The van der Waals surface area contributed by atoms with Gasteiger partial charge in [0.25, 0.3) is 5.91 Å². The number of rotatable bonds is 11. The molecular weight excluding hydrogens is 489 g/mol. The standard InChI is InChI=1S/C31H35F3N2O2/c1-2-19-36(28-16-14-27-22-29(38-31(32,33)34)17-15-26(27)21-28)20-7-6-18-35-30(37)25-12-10-24(11-13-25)23-8-4-3-5-9-23/h3-5,8-13,15,17,22,28H,2,6-7,14,16,18-21H2,1H3,(H,35,37)/t28-/m1/s1. The number of fused-ring (bicyclic) bond motifs is 1. The molecule has 7 heteroatoms. The first kappa shape index (κ1) is 27.7. The van der Waals surface area contributed by atoms with Gasteiger partial charge in [-0.2, -0.15) is 0 Å². The van der Waals surface area contributed by atoms with E-state index in [1.54, 1.807) is 6.07 Å². The third kappa shape index (κ3) is 7.84. The molecule has 0 fully saturated rings. The molecule has 3 aromatic rings. The molecule has 0 saturated carbocycles. The highest BCUT2D eigenvalue weighted by atomic mass is 19.4. The summed E-state index contributed by atoms with van der Waals surface area (Å²) in [5, 5.41) is 3.03. The Morgan fingerprint density at radius 3 is 2.39 bits per heavy atom. The number of aryl methyl sites for hydroxylation is 1. The van der Waals surface area contributed by atoms with Crippen molar-refractivity contribution in [2.24, 2.45) is 0 Å². The second-order valence-corrected chi connectivity index (χ2v) is 9.82. The first-order valence-electron chi connectivity index (χ1n) is 13.4. The fourth-order valence-electron chi connectivity index (χ4n) is 5.17. The topological polar surface area (TPSA) is 41.6 Å². The zero-order valence-electron chi connectivity index (χ0n) is 21.8. The van der Waals surface area contributed by atoms with Gasteiger partial charge in [-0.1, -0.05) is 55.5 Å². The number of alkyl halides is 3. The average molecular weight is 525 g/mol. The van der Waals surface area contributed by atoms with Crippen LogP contribution in [0.2, 0.25) is 0 Å². The molecule has 0 spiro atoms. The van der Waals surface area contributed by atoms with E-state index in [0.29, 0.717) is 18.2 Å². The molecule has 1 atom stereocenters. The van der Waals surface area contributed by atoms with E-state index >= 15 is 0 Å². The van der Waals surface area contributed by atoms with E-state index in [1.807, 2.05) is 54.6 Å². The predicted molar refractivity (Wildman–Crippen MR) is 144 cm³/mol. The third-order valence-corrected chi connectivity index (χ3v) is 7.05. The van der Waals surface area contributed by atoms with Crippen LogP contribution in [0.1, 0.15) is 54.1 Å². The number of ether oxygens (including phenoxy) is 1. The number of amides is 1. The molecule has 1 aliphatic carbocycles. The molecule has 1 N–H and O–H groups in total. The molecule has 1 amide bonds. The lowest BCUT2D eigenvalue weighted by Gasteiger charge is -2.35. The van der Waals surface area contributed by atoms with Crippen LogP contribution in [0.5, 0.6) is 5.75 Å². The number of hydrogen-bond donors (Lipinski definition) is 1. The van der Waals surface area contributed by atoms with E-state index < -0.39 is 6.36 Å². The van der Waals surface area contributed by atoms with Crippen molar-refractivity contribution < 1.29 is 22.7 Å². The van der Waals surface area contributed by atoms with E-state index in [4.69, 9.17) is 0 Å². The monoisotopic (exact) mass is 524 g/mol. The largest absolute Gasteiger partial charge is 0.573 e. The van der Waals surface area contributed by atoms with Gasteiger partial charge in [0.05, 0.1) is 0 Å². The van der Waals surface area contributed by atoms with Crippen LogP contribution in [0.4, 0.5) is 13.2 Å². The van der Waals surface area contributed by atoms with E-state index in [2.05, 4.69) is 21.9 Å². The molecule has 3 aromatic carbocycles. The molecule has 0 aromatic heterocycles. The maximum atomic E-state index is 12.6. The predicted octanol–water partition coefficient (Wildman–Crippen LogP) is 7.03. The van der Waals surface area contributed by atoms with Crippen LogP contribution in [0.15, 0.2) is 72.8 Å². The van der Waals surface area contributed by atoms with Crippen molar-refractivity contribution in [1.29, 1.82) is 0 Å². The zero-order chi connectivity index (χ0) is 27.0. The lowest BCUT2D eigenvalue weighted by Crippen LogP contribution is -2.40. The van der Waals surface area contributed by atoms with Gasteiger partial charge in [-0.15, -0.1) is 13.2 Å². The van der Waals surface area contributed by atoms with Crippen LogP contribution >= 0.6 is 0 Å². The quantitative estimate of drug-likeness (QED) is 0.274. The Balaban J connectivity index is 1.22. The molecule has 4 nitrogen and oxygen atoms in total. The number of carbonyl (C=O) groups is 1. The first-order valence-corrected chi connectivity index (χ1v) is 13.4. The van der Waals surface area contributed by atoms with Crippen LogP contribution in [-0.4, -0.2) is 42.8 Å². The van der Waals surface area contributed by atoms with Crippen LogP contribution in [-0.2, 0) is 12.8 Å². The first-order chi connectivity index (χ1) is 18.3. The van der Waals surface area contributed by atoms with Gasteiger partial charge in [-0.05, 0) is 98.1 Å². The Morgan fingerprint density at radius 1 is 0.947 bits per heavy atom. The Morgan fingerprint density at radius 2 is 1.68 bits per heavy atom. The minimum atomic E-state index is -4.67. The SMILES string of the molecule is CCCN(CCCCNC(=O)c1ccc(-c2ccccc2)cc1)[C@@H]1CCc2cc(OC(F)(F)F)ccc2C1. The van der Waals surface area contributed by atoms with Crippen LogP contribution in [0, 0.1) is 0 Å². The molecule has 4 rings (SSSR count). The third-order valence-electron chi connectivity index (χ3n) is 7.05. The van der Waals surface area contributed by atoms with Gasteiger partial charge in [0, 0.05) is 18.2 Å². The van der Waals surface area contributed by atoms with E-state index in [9.17, 15) is 18.0 Å². The zero-order valence-corrected chi connectivity index (χ0v) is 21.8. The molecule has 1 aliphatic rings. The molecule has 0 heterocycles. The van der Waals surface area contributed by atoms with Gasteiger partial charge in [0.1, 0.15) is 5.75 Å². The number of halogens is 3. The smallest absolute Gasteiger partial charge is 0.406 e. The summed E-state index contributed by atoms with van der Waals surface area (Å²) in [6, 6.07) is 22.8. The Bertz CT molecular complexity index is 1180. The van der Waals surface area contributed by atoms with Crippen molar-refractivity contribution in [3.63, 3.8) is 0 Å². The van der Waals surface area contributed by atoms with Crippen molar-refractivity contribution in [2.45, 2.75) is 57.9 Å². The van der Waals surface area contributed by atoms with Gasteiger partial charge in [-0.3, -0.25) is 4.79 Å². The van der Waals surface area contributed by atoms with Gasteiger partial charge in [0.15, 0.2) is 0 Å². The van der Waals surface area contributed by atoms with Crippen LogP contribution in [0.25, 0.3) is 11.1 Å². The molecule has 0 radical (unpaired) electrons. The minimum Gasteiger partial charge on any atom is -0.406 e. The number of nitrogens with zero attached hydrogens (tertiary/aromatic N) is 1. The summed E-state index contributed by atoms with van der Waals surface area (Å²) in [4.78, 5) is 15.1. The highest BCUT2D eigenvalue weighted by Gasteiger charge is 2.32. The Hall–Kier alpha value is -3.32. The minimum absolute atomic E-state index is 0.0622. The normalized spacial score (nSPS) is 15.2. The van der Waals surface area contributed by atoms with E-state index in [-0.39, 0.29) is 11.7 Å². The second kappa shape index (κ2) is 13.0. The Kier molecular flexibility index (Phi) is 9.45. The summed E-state index contributed by atoms with van der Waals surface area (Å²) in [5.74, 6) is -0.206. The fraction of sp³-hybridized carbons (Fsp3) is 0.387. The van der Waals surface area contributed by atoms with Crippen LogP contribution in [0.3, 0.4) is 0 Å². The lowest BCUT2D eigenvalue weighted by molar-refractivity contribution is -0.274. The summed E-state index contributed by atoms with van der Waals surface area (Å²) in [5.41, 5.74) is 4.90. The number of nitrogens with one attached hydrogen (secondary N) is 1. The van der Waals surface area contributed by atoms with Crippen molar-refractivity contribution in [3.8, 4) is 16.9 Å². The second-order valence-electron chi connectivity index (χ2n) is 9.82. The lowest BCUT2D eigenvalue weighted by atomic mass is 9.87. The summed E-state index contributed by atoms with van der Waals surface area (Å²) in [6.45, 7) is 4.70. The van der Waals surface area contributed by atoms with E-state index in [1.165, 1.54) is 12.1 Å². The summed E-state index contributed by atoms with van der Waals surface area (Å²) in [7, 11) is 0. The molecule has 0 bridgehead atoms. The highest BCUT2D eigenvalue weighted by Crippen LogP contribution is 2.30. The van der Waals surface area contributed by atoms with Gasteiger partial charge in [-0.25, -0.2) is 0 Å². The van der Waals surface area contributed by atoms with Crippen molar-refractivity contribution >= 4 is 5.91 Å². The maximum Gasteiger partial charge on any atom is 0.573 e. The van der Waals surface area contributed by atoms with Crippen LogP contribution < -0.4 is 10.1 Å². The number of unbranched alkanes of at least 4 members (excludes halogenated alkanes) is 1. The molecule has 0 unspecified atom stereocenters. The molecule has 0 saturated heterocycles. The fourth-order valence-corrected chi connectivity index (χ4v) is 5.17. The highest BCUT2D eigenvalue weighted by molar-refractivity contribution is 5.94. The molecule has 38 heavy (non-hydrogen) atoms. The van der Waals surface area contributed by atoms with Gasteiger partial charge < -0.3 is 15.0 Å². The Labute approximate surface area is 222 Å². The van der Waals surface area contributed by atoms with Crippen molar-refractivity contribution in [3.05, 3.63) is 89.5 Å². The average Bonchev–Trinajstić information content (AvgIpc) is 2.91. The van der Waals surface area contributed by atoms with E-state index in [0.717, 1.165) is 73.9 Å². The molecule has 0 aliphatic heterocycles. The van der Waals surface area contributed by atoms with Crippen molar-refractivity contribution in [1.82, 2.24) is 10.2 Å². The molecule has 202 valence electrons. The number of benzene rings is 3.